The summed E-state index contributed by atoms with van der Waals surface area (Å²) in [5, 5.41) is 6.62. The molecule has 6 aromatic carbocycles. The number of allylic oxidation sites excluding steroid dienone is 3. The number of pyridine rings is 3. The van der Waals surface area contributed by atoms with E-state index in [9.17, 15) is 0 Å². The van der Waals surface area contributed by atoms with Crippen molar-refractivity contribution in [1.82, 2.24) is 15.0 Å². The standard InChI is InChI=1S/C51H33N3O/c1-2-10-32(11-3-1)33-12-9-17-39-34(21-20-33)22-23-35-24-29-46(54-49(35)39)45-28-25-38(31-52-45)36-13-8-14-37(30-36)50-43-27-26-41-40-15-5-7-19-47(40)55-51(41)48(43)42-16-4-6-18-44(42)53-50/h1-8,10-16,18-31H,9,17H2/b21-20-,33-12+. The van der Waals surface area contributed by atoms with E-state index in [1.54, 1.807) is 0 Å². The fraction of sp³-hybridized carbons (Fsp3) is 0.0392. The first-order chi connectivity index (χ1) is 27.2. The summed E-state index contributed by atoms with van der Waals surface area (Å²) in [7, 11) is 0. The molecule has 4 aromatic heterocycles. The molecule has 4 nitrogen and oxygen atoms in total. The molecule has 0 saturated carbocycles. The first-order valence-electron chi connectivity index (χ1n) is 18.8. The van der Waals surface area contributed by atoms with Gasteiger partial charge >= 0.3 is 0 Å². The maximum Gasteiger partial charge on any atom is 0.144 e. The van der Waals surface area contributed by atoms with Crippen molar-refractivity contribution in [3.63, 3.8) is 0 Å². The minimum Gasteiger partial charge on any atom is -0.455 e. The Balaban J connectivity index is 0.950. The van der Waals surface area contributed by atoms with E-state index in [-0.39, 0.29) is 0 Å². The molecule has 0 N–H and O–H groups in total. The van der Waals surface area contributed by atoms with Crippen LogP contribution < -0.4 is 0 Å². The minimum absolute atomic E-state index is 0.851. The van der Waals surface area contributed by atoms with Gasteiger partial charge < -0.3 is 4.42 Å². The molecule has 4 heteroatoms. The summed E-state index contributed by atoms with van der Waals surface area (Å²) in [4.78, 5) is 15.4. The molecule has 0 spiro atoms. The Bertz CT molecular complexity index is 3190. The highest BCUT2D eigenvalue weighted by molar-refractivity contribution is 6.24. The Labute approximate surface area is 317 Å². The second kappa shape index (κ2) is 12.8. The summed E-state index contributed by atoms with van der Waals surface area (Å²) in [6, 6.07) is 53.0. The van der Waals surface area contributed by atoms with Gasteiger partial charge in [-0.2, -0.15) is 0 Å². The summed E-state index contributed by atoms with van der Waals surface area (Å²) in [5.41, 5.74) is 14.6. The van der Waals surface area contributed by atoms with E-state index in [0.717, 1.165) is 101 Å². The number of aryl methyl sites for hydroxylation is 1. The lowest BCUT2D eigenvalue weighted by atomic mass is 9.93. The van der Waals surface area contributed by atoms with Gasteiger partial charge in [-0.15, -0.1) is 0 Å². The van der Waals surface area contributed by atoms with Crippen LogP contribution in [0.1, 0.15) is 23.1 Å². The lowest BCUT2D eigenvalue weighted by molar-refractivity contribution is 0.673. The van der Waals surface area contributed by atoms with Gasteiger partial charge in [0.05, 0.1) is 28.1 Å². The predicted octanol–water partition coefficient (Wildman–Crippen LogP) is 13.3. The maximum absolute atomic E-state index is 6.54. The summed E-state index contributed by atoms with van der Waals surface area (Å²) in [5.74, 6) is 0. The Morgan fingerprint density at radius 3 is 2.22 bits per heavy atom. The highest BCUT2D eigenvalue weighted by Crippen LogP contribution is 2.41. The third-order valence-electron chi connectivity index (χ3n) is 11.0. The Hall–Kier alpha value is -7.17. The molecule has 55 heavy (non-hydrogen) atoms. The largest absolute Gasteiger partial charge is 0.455 e. The molecular formula is C51H33N3O. The van der Waals surface area contributed by atoms with E-state index in [1.165, 1.54) is 22.3 Å². The zero-order valence-electron chi connectivity index (χ0n) is 29.9. The van der Waals surface area contributed by atoms with Crippen LogP contribution in [0.5, 0.6) is 0 Å². The van der Waals surface area contributed by atoms with Gasteiger partial charge in [-0.3, -0.25) is 4.98 Å². The molecule has 0 radical (unpaired) electrons. The highest BCUT2D eigenvalue weighted by atomic mass is 16.3. The van der Waals surface area contributed by atoms with Crippen LogP contribution in [-0.2, 0) is 6.42 Å². The number of nitrogens with zero attached hydrogens (tertiary/aromatic N) is 3. The second-order valence-corrected chi connectivity index (χ2v) is 14.3. The molecule has 11 rings (SSSR count). The number of para-hydroxylation sites is 2. The summed E-state index contributed by atoms with van der Waals surface area (Å²) < 4.78 is 6.54. The first kappa shape index (κ1) is 31.4. The van der Waals surface area contributed by atoms with Crippen LogP contribution in [0.3, 0.4) is 0 Å². The monoisotopic (exact) mass is 703 g/mol. The molecule has 10 aromatic rings. The van der Waals surface area contributed by atoms with Crippen molar-refractivity contribution < 1.29 is 4.42 Å². The maximum atomic E-state index is 6.54. The van der Waals surface area contributed by atoms with Gasteiger partial charge in [0.1, 0.15) is 11.2 Å². The third kappa shape index (κ3) is 5.33. The molecule has 0 unspecified atom stereocenters. The molecule has 258 valence electrons. The van der Waals surface area contributed by atoms with Gasteiger partial charge in [0, 0.05) is 49.6 Å². The smallest absolute Gasteiger partial charge is 0.144 e. The molecule has 1 aliphatic carbocycles. The fourth-order valence-corrected chi connectivity index (χ4v) is 8.29. The van der Waals surface area contributed by atoms with E-state index in [1.807, 2.05) is 24.4 Å². The zero-order chi connectivity index (χ0) is 36.3. The van der Waals surface area contributed by atoms with Crippen molar-refractivity contribution in [2.75, 3.05) is 0 Å². The summed E-state index contributed by atoms with van der Waals surface area (Å²) >= 11 is 0. The number of benzene rings is 6. The molecule has 0 atom stereocenters. The van der Waals surface area contributed by atoms with Crippen LogP contribution >= 0.6 is 0 Å². The van der Waals surface area contributed by atoms with Gasteiger partial charge in [-0.05, 0) is 77.1 Å². The molecule has 0 fully saturated rings. The average Bonchev–Trinajstić information content (AvgIpc) is 3.63. The van der Waals surface area contributed by atoms with Gasteiger partial charge in [0.25, 0.3) is 0 Å². The normalized spacial score (nSPS) is 14.5. The van der Waals surface area contributed by atoms with Crippen molar-refractivity contribution in [2.24, 2.45) is 0 Å². The van der Waals surface area contributed by atoms with Crippen LogP contribution in [0.4, 0.5) is 0 Å². The van der Waals surface area contributed by atoms with Crippen molar-refractivity contribution in [3.8, 4) is 33.8 Å². The Morgan fingerprint density at radius 1 is 0.527 bits per heavy atom. The van der Waals surface area contributed by atoms with Crippen molar-refractivity contribution in [1.29, 1.82) is 0 Å². The number of aromatic nitrogens is 3. The van der Waals surface area contributed by atoms with Crippen LogP contribution in [0.25, 0.3) is 99.9 Å². The van der Waals surface area contributed by atoms with E-state index >= 15 is 0 Å². The first-order valence-corrected chi connectivity index (χ1v) is 18.8. The van der Waals surface area contributed by atoms with E-state index < -0.39 is 0 Å². The molecule has 0 aliphatic heterocycles. The molecule has 0 bridgehead atoms. The number of fused-ring (bicyclic) bond motifs is 10. The fourth-order valence-electron chi connectivity index (χ4n) is 8.29. The predicted molar refractivity (Wildman–Crippen MR) is 228 cm³/mol. The van der Waals surface area contributed by atoms with Gasteiger partial charge in [0.2, 0.25) is 0 Å². The highest BCUT2D eigenvalue weighted by Gasteiger charge is 2.18. The second-order valence-electron chi connectivity index (χ2n) is 14.3. The van der Waals surface area contributed by atoms with Crippen molar-refractivity contribution in [3.05, 3.63) is 187 Å². The number of furan rings is 1. The van der Waals surface area contributed by atoms with Gasteiger partial charge in [-0.25, -0.2) is 9.97 Å². The lowest BCUT2D eigenvalue weighted by Gasteiger charge is -2.14. The molecule has 1 aliphatic rings. The molecule has 0 saturated heterocycles. The topological polar surface area (TPSA) is 51.8 Å². The van der Waals surface area contributed by atoms with E-state index in [2.05, 4.69) is 152 Å². The van der Waals surface area contributed by atoms with Crippen LogP contribution in [0.2, 0.25) is 0 Å². The minimum atomic E-state index is 0.851. The van der Waals surface area contributed by atoms with Crippen LogP contribution in [-0.4, -0.2) is 15.0 Å². The summed E-state index contributed by atoms with van der Waals surface area (Å²) in [6.07, 6.45) is 10.6. The van der Waals surface area contributed by atoms with Gasteiger partial charge in [-0.1, -0.05) is 133 Å². The van der Waals surface area contributed by atoms with Crippen molar-refractivity contribution in [2.45, 2.75) is 12.8 Å². The number of hydrogen-bond acceptors (Lipinski definition) is 4. The summed E-state index contributed by atoms with van der Waals surface area (Å²) in [6.45, 7) is 0. The number of rotatable bonds is 4. The molecule has 0 amide bonds. The molecular weight excluding hydrogens is 671 g/mol. The van der Waals surface area contributed by atoms with E-state index in [4.69, 9.17) is 19.4 Å². The lowest BCUT2D eigenvalue weighted by Crippen LogP contribution is -1.98. The number of hydrogen-bond donors (Lipinski definition) is 0. The van der Waals surface area contributed by atoms with E-state index in [0.29, 0.717) is 0 Å². The Kier molecular flexibility index (Phi) is 7.27. The van der Waals surface area contributed by atoms with Crippen molar-refractivity contribution >= 4 is 66.2 Å². The third-order valence-corrected chi connectivity index (χ3v) is 11.0. The van der Waals surface area contributed by atoms with Gasteiger partial charge in [0.15, 0.2) is 0 Å². The average molecular weight is 704 g/mol. The SMILES string of the molecule is C1=C\c2ccc3ccc(-c4ccc(-c5cccc(-c6nc7ccccc7c7c6ccc6c8ccccc8oc67)c5)cn4)nc3c2CC\C=C/1c1ccccc1. The van der Waals surface area contributed by atoms with Crippen LogP contribution in [0, 0.1) is 0 Å². The quantitative estimate of drug-likeness (QED) is 0.171. The Morgan fingerprint density at radius 2 is 1.31 bits per heavy atom. The zero-order valence-corrected chi connectivity index (χ0v) is 29.9. The van der Waals surface area contributed by atoms with Crippen LogP contribution in [0.15, 0.2) is 174 Å². The molecule has 4 heterocycles.